The van der Waals surface area contributed by atoms with Gasteiger partial charge >= 0.3 is 0 Å². The number of imidazole rings is 1. The van der Waals surface area contributed by atoms with Crippen molar-refractivity contribution < 1.29 is 4.74 Å². The van der Waals surface area contributed by atoms with Crippen LogP contribution >= 0.6 is 0 Å². The second-order valence-corrected chi connectivity index (χ2v) is 7.00. The minimum Gasteiger partial charge on any atom is -0.374 e. The van der Waals surface area contributed by atoms with Crippen LogP contribution in [0.3, 0.4) is 0 Å². The number of ether oxygens (including phenoxy) is 1. The third-order valence-electron chi connectivity index (χ3n) is 5.33. The third-order valence-corrected chi connectivity index (χ3v) is 5.33. The van der Waals surface area contributed by atoms with Gasteiger partial charge in [-0.2, -0.15) is 0 Å². The molecule has 1 N–H and O–H groups in total. The minimum absolute atomic E-state index is 0.117. The molecule has 3 heterocycles. The van der Waals surface area contributed by atoms with Gasteiger partial charge in [-0.1, -0.05) is 12.1 Å². The van der Waals surface area contributed by atoms with Crippen LogP contribution in [0.5, 0.6) is 0 Å². The zero-order valence-corrected chi connectivity index (χ0v) is 14.5. The van der Waals surface area contributed by atoms with E-state index in [1.54, 1.807) is 0 Å². The Morgan fingerprint density at radius 2 is 2.25 bits per heavy atom. The average molecular weight is 326 g/mol. The molecule has 0 radical (unpaired) electrons. The Bertz CT molecular complexity index is 711. The van der Waals surface area contributed by atoms with Gasteiger partial charge in [-0.15, -0.1) is 0 Å². The summed E-state index contributed by atoms with van der Waals surface area (Å²) in [6.07, 6.45) is 6.22. The molecule has 2 aliphatic rings. The predicted octanol–water partition coefficient (Wildman–Crippen LogP) is 2.28. The summed E-state index contributed by atoms with van der Waals surface area (Å²) in [5.41, 5.74) is 4.24. The van der Waals surface area contributed by atoms with E-state index in [1.807, 2.05) is 19.4 Å². The number of benzene rings is 1. The Labute approximate surface area is 143 Å². The molecule has 1 aromatic heterocycles. The van der Waals surface area contributed by atoms with Crippen LogP contribution in [-0.4, -0.2) is 36.3 Å². The molecule has 1 aromatic carbocycles. The van der Waals surface area contributed by atoms with Gasteiger partial charge in [0.05, 0.1) is 0 Å². The second kappa shape index (κ2) is 6.57. The van der Waals surface area contributed by atoms with Crippen molar-refractivity contribution in [3.05, 3.63) is 47.5 Å². The molecule has 1 saturated heterocycles. The first kappa shape index (κ1) is 15.7. The molecule has 0 amide bonds. The molecule has 5 heteroatoms. The van der Waals surface area contributed by atoms with E-state index in [-0.39, 0.29) is 6.10 Å². The summed E-state index contributed by atoms with van der Waals surface area (Å²) in [5, 5.41) is 3.63. The number of hydrogen-bond acceptors (Lipinski definition) is 4. The van der Waals surface area contributed by atoms with Crippen LogP contribution in [0.25, 0.3) is 0 Å². The minimum atomic E-state index is 0.117. The van der Waals surface area contributed by atoms with E-state index in [2.05, 4.69) is 45.0 Å². The van der Waals surface area contributed by atoms with E-state index >= 15 is 0 Å². The van der Waals surface area contributed by atoms with Crippen molar-refractivity contribution >= 4 is 5.69 Å². The summed E-state index contributed by atoms with van der Waals surface area (Å²) in [5.74, 6) is 1.53. The Hall–Kier alpha value is -1.85. The van der Waals surface area contributed by atoms with Gasteiger partial charge in [0.25, 0.3) is 0 Å². The van der Waals surface area contributed by atoms with E-state index in [4.69, 9.17) is 4.74 Å². The summed E-state index contributed by atoms with van der Waals surface area (Å²) < 4.78 is 8.01. The number of fused-ring (bicyclic) bond motifs is 1. The number of aromatic nitrogens is 2. The molecule has 2 aromatic rings. The molecule has 0 unspecified atom stereocenters. The Morgan fingerprint density at radius 1 is 1.33 bits per heavy atom. The van der Waals surface area contributed by atoms with Crippen LogP contribution in [0, 0.1) is 5.92 Å². The zero-order valence-electron chi connectivity index (χ0n) is 14.5. The van der Waals surface area contributed by atoms with Crippen LogP contribution in [0.4, 0.5) is 5.69 Å². The fraction of sp³-hybridized carbons (Fsp3) is 0.526. The van der Waals surface area contributed by atoms with Gasteiger partial charge in [0.2, 0.25) is 0 Å². The van der Waals surface area contributed by atoms with Crippen molar-refractivity contribution in [2.75, 3.05) is 31.6 Å². The Morgan fingerprint density at radius 3 is 3.08 bits per heavy atom. The summed E-state index contributed by atoms with van der Waals surface area (Å²) >= 11 is 0. The predicted molar refractivity (Wildman–Crippen MR) is 95.1 cm³/mol. The quantitative estimate of drug-likeness (QED) is 0.915. The van der Waals surface area contributed by atoms with Crippen LogP contribution < -0.4 is 10.2 Å². The number of aryl methyl sites for hydroxylation is 1. The molecule has 0 saturated carbocycles. The second-order valence-electron chi connectivity index (χ2n) is 7.00. The molecular formula is C19H26N4O. The smallest absolute Gasteiger partial charge is 0.137 e. The monoisotopic (exact) mass is 326 g/mol. The van der Waals surface area contributed by atoms with Crippen LogP contribution in [0.2, 0.25) is 0 Å². The lowest BCUT2D eigenvalue weighted by molar-refractivity contribution is 0.0811. The molecule has 0 bridgehead atoms. The van der Waals surface area contributed by atoms with Gasteiger partial charge in [0, 0.05) is 64.3 Å². The normalized spacial score (nSPS) is 23.0. The number of nitrogens with one attached hydrogen (secondary N) is 1. The average Bonchev–Trinajstić information content (AvgIpc) is 3.28. The Balaban J connectivity index is 1.35. The molecule has 0 aliphatic carbocycles. The van der Waals surface area contributed by atoms with Gasteiger partial charge in [0.1, 0.15) is 11.9 Å². The maximum Gasteiger partial charge on any atom is 0.137 e. The summed E-state index contributed by atoms with van der Waals surface area (Å²) in [6, 6.07) is 6.86. The van der Waals surface area contributed by atoms with Gasteiger partial charge in [-0.05, 0) is 30.0 Å². The first-order valence-electron chi connectivity index (χ1n) is 8.85. The molecule has 5 nitrogen and oxygen atoms in total. The van der Waals surface area contributed by atoms with Crippen LogP contribution in [0.1, 0.15) is 29.5 Å². The summed E-state index contributed by atoms with van der Waals surface area (Å²) in [6.45, 7) is 3.85. The fourth-order valence-corrected chi connectivity index (χ4v) is 3.91. The maximum absolute atomic E-state index is 5.94. The van der Waals surface area contributed by atoms with Crippen molar-refractivity contribution in [2.24, 2.45) is 13.0 Å². The number of anilines is 1. The number of nitrogens with zero attached hydrogens (tertiary/aromatic N) is 3. The zero-order chi connectivity index (χ0) is 16.5. The van der Waals surface area contributed by atoms with Crippen LogP contribution in [0.15, 0.2) is 30.6 Å². The van der Waals surface area contributed by atoms with E-state index < -0.39 is 0 Å². The highest BCUT2D eigenvalue weighted by Crippen LogP contribution is 2.33. The topological polar surface area (TPSA) is 42.3 Å². The molecule has 2 atom stereocenters. The fourth-order valence-electron chi connectivity index (χ4n) is 3.91. The van der Waals surface area contributed by atoms with E-state index in [0.717, 1.165) is 44.9 Å². The summed E-state index contributed by atoms with van der Waals surface area (Å²) in [7, 11) is 4.21. The number of likely N-dealkylation sites (N-methyl/N-ethyl adjacent to an activating group) is 1. The SMILES string of the molecule is CN1CCc2cc(CNC[C@@H]3CCO[C@H]3c3nccn3C)ccc21. The maximum atomic E-state index is 5.94. The van der Waals surface area contributed by atoms with Crippen LogP contribution in [-0.2, 0) is 24.8 Å². The van der Waals surface area contributed by atoms with Gasteiger partial charge in [-0.3, -0.25) is 0 Å². The van der Waals surface area contributed by atoms with Crippen molar-refractivity contribution in [1.82, 2.24) is 14.9 Å². The summed E-state index contributed by atoms with van der Waals surface area (Å²) in [4.78, 5) is 6.80. The standard InChI is InChI=1S/C19H26N4O/c1-22-8-5-15-11-14(3-4-17(15)22)12-20-13-16-6-10-24-18(16)19-21-7-9-23(19)2/h3-4,7,9,11,16,18,20H,5-6,8,10,12-13H2,1-2H3/t16-,18+/m0/s1. The van der Waals surface area contributed by atoms with Crippen molar-refractivity contribution in [2.45, 2.75) is 25.5 Å². The van der Waals surface area contributed by atoms with Gasteiger partial charge < -0.3 is 19.5 Å². The number of rotatable bonds is 5. The lowest BCUT2D eigenvalue weighted by Crippen LogP contribution is -2.25. The molecular weight excluding hydrogens is 300 g/mol. The highest BCUT2D eigenvalue weighted by Gasteiger charge is 2.31. The lowest BCUT2D eigenvalue weighted by Gasteiger charge is -2.19. The molecule has 4 rings (SSSR count). The lowest BCUT2D eigenvalue weighted by atomic mass is 10.0. The Kier molecular flexibility index (Phi) is 4.29. The first-order valence-corrected chi connectivity index (χ1v) is 8.85. The van der Waals surface area contributed by atoms with Gasteiger partial charge in [0.15, 0.2) is 0 Å². The van der Waals surface area contributed by atoms with E-state index in [0.29, 0.717) is 5.92 Å². The molecule has 128 valence electrons. The molecule has 24 heavy (non-hydrogen) atoms. The van der Waals surface area contributed by atoms with Crippen molar-refractivity contribution in [3.8, 4) is 0 Å². The van der Waals surface area contributed by atoms with Crippen molar-refractivity contribution in [3.63, 3.8) is 0 Å². The van der Waals surface area contributed by atoms with E-state index in [9.17, 15) is 0 Å². The third kappa shape index (κ3) is 2.94. The van der Waals surface area contributed by atoms with E-state index in [1.165, 1.54) is 16.8 Å². The number of hydrogen-bond donors (Lipinski definition) is 1. The van der Waals surface area contributed by atoms with Gasteiger partial charge in [-0.25, -0.2) is 4.98 Å². The first-order chi connectivity index (χ1) is 11.7. The highest BCUT2D eigenvalue weighted by atomic mass is 16.5. The molecule has 2 aliphatic heterocycles. The largest absolute Gasteiger partial charge is 0.374 e. The highest BCUT2D eigenvalue weighted by molar-refractivity contribution is 5.58. The molecule has 1 fully saturated rings. The van der Waals surface area contributed by atoms with Crippen molar-refractivity contribution in [1.29, 1.82) is 0 Å². The molecule has 0 spiro atoms.